The predicted octanol–water partition coefficient (Wildman–Crippen LogP) is 3.10. The van der Waals surface area contributed by atoms with E-state index in [4.69, 9.17) is 16.3 Å². The molecule has 0 N–H and O–H groups in total. The Hall–Kier alpha value is -1.02. The van der Waals surface area contributed by atoms with E-state index in [-0.39, 0.29) is 0 Å². The van der Waals surface area contributed by atoms with Gasteiger partial charge in [0.05, 0.1) is 12.2 Å². The van der Waals surface area contributed by atoms with Crippen molar-refractivity contribution < 1.29 is 9.53 Å². The van der Waals surface area contributed by atoms with Gasteiger partial charge in [-0.1, -0.05) is 26.0 Å². The van der Waals surface area contributed by atoms with Crippen LogP contribution in [0.4, 0.5) is 0 Å². The molecule has 0 unspecified atom stereocenters. The Labute approximate surface area is 88.8 Å². The molecule has 0 amide bonds. The SMILES string of the molecule is CC(C)COc1ccccc1C(=O)Cl. The summed E-state index contributed by atoms with van der Waals surface area (Å²) in [6.07, 6.45) is 0. The predicted molar refractivity (Wildman–Crippen MR) is 57.0 cm³/mol. The summed E-state index contributed by atoms with van der Waals surface area (Å²) in [5.74, 6) is 0.981. The Morgan fingerprint density at radius 1 is 1.43 bits per heavy atom. The molecule has 0 saturated carbocycles. The first-order valence-electron chi connectivity index (χ1n) is 4.53. The Balaban J connectivity index is 2.79. The molecule has 0 saturated heterocycles. The molecule has 0 radical (unpaired) electrons. The van der Waals surface area contributed by atoms with Gasteiger partial charge in [0, 0.05) is 0 Å². The van der Waals surface area contributed by atoms with Crippen molar-refractivity contribution in [3.8, 4) is 5.75 Å². The first-order valence-corrected chi connectivity index (χ1v) is 4.90. The molecule has 1 rings (SSSR count). The maximum atomic E-state index is 11.0. The van der Waals surface area contributed by atoms with Gasteiger partial charge in [0.15, 0.2) is 0 Å². The van der Waals surface area contributed by atoms with Crippen LogP contribution < -0.4 is 4.74 Å². The molecule has 0 aromatic heterocycles. The molecule has 1 aromatic rings. The van der Waals surface area contributed by atoms with E-state index in [0.29, 0.717) is 23.8 Å². The Bertz CT molecular complexity index is 321. The van der Waals surface area contributed by atoms with Crippen molar-refractivity contribution in [3.05, 3.63) is 29.8 Å². The van der Waals surface area contributed by atoms with Crippen LogP contribution >= 0.6 is 11.6 Å². The minimum atomic E-state index is -0.482. The summed E-state index contributed by atoms with van der Waals surface area (Å²) in [5, 5.41) is -0.482. The van der Waals surface area contributed by atoms with E-state index in [2.05, 4.69) is 0 Å². The van der Waals surface area contributed by atoms with Gasteiger partial charge in [-0.25, -0.2) is 0 Å². The second-order valence-electron chi connectivity index (χ2n) is 3.47. The van der Waals surface area contributed by atoms with Gasteiger partial charge >= 0.3 is 0 Å². The lowest BCUT2D eigenvalue weighted by atomic mass is 10.2. The zero-order valence-electron chi connectivity index (χ0n) is 8.29. The van der Waals surface area contributed by atoms with Crippen molar-refractivity contribution >= 4 is 16.8 Å². The fourth-order valence-electron chi connectivity index (χ4n) is 1.01. The number of benzene rings is 1. The third-order valence-electron chi connectivity index (χ3n) is 1.67. The molecule has 0 fully saturated rings. The minimum Gasteiger partial charge on any atom is -0.493 e. The number of ether oxygens (including phenoxy) is 1. The zero-order chi connectivity index (χ0) is 10.6. The molecule has 0 aliphatic heterocycles. The summed E-state index contributed by atoms with van der Waals surface area (Å²) in [4.78, 5) is 11.0. The molecule has 2 nitrogen and oxygen atoms in total. The number of hydrogen-bond acceptors (Lipinski definition) is 2. The van der Waals surface area contributed by atoms with Crippen LogP contribution in [-0.2, 0) is 0 Å². The number of hydrogen-bond donors (Lipinski definition) is 0. The Kier molecular flexibility index (Phi) is 3.96. The Morgan fingerprint density at radius 3 is 2.64 bits per heavy atom. The van der Waals surface area contributed by atoms with Crippen LogP contribution in [0.15, 0.2) is 24.3 Å². The maximum absolute atomic E-state index is 11.0. The molecule has 14 heavy (non-hydrogen) atoms. The van der Waals surface area contributed by atoms with E-state index in [9.17, 15) is 4.79 Å². The molecular formula is C11H13ClO2. The summed E-state index contributed by atoms with van der Waals surface area (Å²) in [6.45, 7) is 4.68. The largest absolute Gasteiger partial charge is 0.493 e. The van der Waals surface area contributed by atoms with Crippen molar-refractivity contribution in [2.45, 2.75) is 13.8 Å². The van der Waals surface area contributed by atoms with Crippen LogP contribution in [0.2, 0.25) is 0 Å². The van der Waals surface area contributed by atoms with Gasteiger partial charge in [0.25, 0.3) is 5.24 Å². The van der Waals surface area contributed by atoms with Crippen molar-refractivity contribution in [2.75, 3.05) is 6.61 Å². The van der Waals surface area contributed by atoms with Crippen molar-refractivity contribution in [1.82, 2.24) is 0 Å². The van der Waals surface area contributed by atoms with Crippen LogP contribution in [0.5, 0.6) is 5.75 Å². The fourth-order valence-corrected chi connectivity index (χ4v) is 1.17. The summed E-state index contributed by atoms with van der Waals surface area (Å²) in [5.41, 5.74) is 0.426. The van der Waals surface area contributed by atoms with E-state index in [1.807, 2.05) is 19.9 Å². The van der Waals surface area contributed by atoms with Gasteiger partial charge in [0.2, 0.25) is 0 Å². The van der Waals surface area contributed by atoms with Gasteiger partial charge < -0.3 is 4.74 Å². The summed E-state index contributed by atoms with van der Waals surface area (Å²) < 4.78 is 5.45. The Morgan fingerprint density at radius 2 is 2.07 bits per heavy atom. The second-order valence-corrected chi connectivity index (χ2v) is 3.82. The number of carbonyl (C=O) groups is 1. The molecule has 1 aromatic carbocycles. The monoisotopic (exact) mass is 212 g/mol. The molecule has 0 spiro atoms. The first-order chi connectivity index (χ1) is 6.61. The first kappa shape index (κ1) is 11.1. The number of carbonyl (C=O) groups excluding carboxylic acids is 1. The normalized spacial score (nSPS) is 10.3. The topological polar surface area (TPSA) is 26.3 Å². The summed E-state index contributed by atoms with van der Waals surface area (Å²) in [6, 6.07) is 6.99. The van der Waals surface area contributed by atoms with E-state index in [1.165, 1.54) is 0 Å². The molecule has 76 valence electrons. The minimum absolute atomic E-state index is 0.425. The van der Waals surface area contributed by atoms with Crippen LogP contribution in [0, 0.1) is 5.92 Å². The van der Waals surface area contributed by atoms with Crippen LogP contribution in [0.25, 0.3) is 0 Å². The van der Waals surface area contributed by atoms with Gasteiger partial charge in [-0.05, 0) is 29.7 Å². The van der Waals surface area contributed by atoms with Crippen molar-refractivity contribution in [2.24, 2.45) is 5.92 Å². The summed E-state index contributed by atoms with van der Waals surface area (Å²) >= 11 is 5.40. The molecular weight excluding hydrogens is 200 g/mol. The molecule has 3 heteroatoms. The molecule has 0 heterocycles. The maximum Gasteiger partial charge on any atom is 0.256 e. The zero-order valence-corrected chi connectivity index (χ0v) is 9.04. The molecule has 0 bridgehead atoms. The third kappa shape index (κ3) is 3.04. The highest BCUT2D eigenvalue weighted by Gasteiger charge is 2.09. The lowest BCUT2D eigenvalue weighted by Crippen LogP contribution is -2.06. The van der Waals surface area contributed by atoms with Crippen molar-refractivity contribution in [1.29, 1.82) is 0 Å². The summed E-state index contributed by atoms with van der Waals surface area (Å²) in [7, 11) is 0. The van der Waals surface area contributed by atoms with E-state index >= 15 is 0 Å². The van der Waals surface area contributed by atoms with Crippen molar-refractivity contribution in [3.63, 3.8) is 0 Å². The average molecular weight is 213 g/mol. The average Bonchev–Trinajstić information content (AvgIpc) is 2.15. The van der Waals surface area contributed by atoms with Gasteiger partial charge in [-0.15, -0.1) is 0 Å². The highest BCUT2D eigenvalue weighted by Crippen LogP contribution is 2.20. The van der Waals surface area contributed by atoms with E-state index in [1.54, 1.807) is 18.2 Å². The molecule has 0 aliphatic carbocycles. The highest BCUT2D eigenvalue weighted by atomic mass is 35.5. The van der Waals surface area contributed by atoms with Crippen LogP contribution in [0.3, 0.4) is 0 Å². The number of halogens is 1. The van der Waals surface area contributed by atoms with Gasteiger partial charge in [-0.2, -0.15) is 0 Å². The number of para-hydroxylation sites is 1. The van der Waals surface area contributed by atoms with Crippen LogP contribution in [0.1, 0.15) is 24.2 Å². The lowest BCUT2D eigenvalue weighted by molar-refractivity contribution is 0.107. The molecule has 0 aliphatic rings. The van der Waals surface area contributed by atoms with E-state index < -0.39 is 5.24 Å². The second kappa shape index (κ2) is 5.01. The van der Waals surface area contributed by atoms with Crippen LogP contribution in [-0.4, -0.2) is 11.8 Å². The smallest absolute Gasteiger partial charge is 0.256 e. The van der Waals surface area contributed by atoms with E-state index in [0.717, 1.165) is 0 Å². The third-order valence-corrected chi connectivity index (χ3v) is 1.87. The molecule has 0 atom stereocenters. The quantitative estimate of drug-likeness (QED) is 0.717. The fraction of sp³-hybridized carbons (Fsp3) is 0.364. The standard InChI is InChI=1S/C11H13ClO2/c1-8(2)7-14-10-6-4-3-5-9(10)11(12)13/h3-6,8H,7H2,1-2H3. The van der Waals surface area contributed by atoms with Gasteiger partial charge in [-0.3, -0.25) is 4.79 Å². The van der Waals surface area contributed by atoms with Gasteiger partial charge in [0.1, 0.15) is 5.75 Å². The highest BCUT2D eigenvalue weighted by molar-refractivity contribution is 6.68. The number of rotatable bonds is 4. The lowest BCUT2D eigenvalue weighted by Gasteiger charge is -2.10.